The molecule has 12 rings (SSSR count). The molecule has 4 heterocycles. The number of rotatable bonds is 7. The number of furan rings is 1. The predicted molar refractivity (Wildman–Crippen MR) is 251 cm³/mol. The maximum atomic E-state index is 6.20. The van der Waals surface area contributed by atoms with E-state index in [1.165, 1.54) is 0 Å². The van der Waals surface area contributed by atoms with Crippen molar-refractivity contribution in [1.29, 1.82) is 0 Å². The molecule has 4 aromatic heterocycles. The van der Waals surface area contributed by atoms with Crippen LogP contribution in [0.15, 0.2) is 217 Å². The molecule has 8 aromatic carbocycles. The number of hydrogen-bond acceptors (Lipinski definition) is 5. The summed E-state index contributed by atoms with van der Waals surface area (Å²) < 4.78 is 8.32. The fourth-order valence-electron chi connectivity index (χ4n) is 8.72. The van der Waals surface area contributed by atoms with Crippen molar-refractivity contribution in [3.05, 3.63) is 212 Å². The van der Waals surface area contributed by atoms with Gasteiger partial charge in [0.05, 0.1) is 11.2 Å². The van der Waals surface area contributed by atoms with Gasteiger partial charge in [-0.1, -0.05) is 194 Å². The SMILES string of the molecule is c1ccc(-c2nc(-c3ccc(-c4cccc5oc6ccccc6c45)cc3)nc(-c3ccc(-c4c(-c5ccccc5)nn5c(-c6ccccc6)cc6ccccc6c45)cc3)n2)cc1. The second kappa shape index (κ2) is 14.7. The minimum atomic E-state index is 0.596. The van der Waals surface area contributed by atoms with Crippen LogP contribution in [0.4, 0.5) is 0 Å². The lowest BCUT2D eigenvalue weighted by atomic mass is 9.96. The van der Waals surface area contributed by atoms with E-state index in [0.29, 0.717) is 17.5 Å². The Morgan fingerprint density at radius 3 is 1.53 bits per heavy atom. The Balaban J connectivity index is 0.988. The lowest BCUT2D eigenvalue weighted by molar-refractivity contribution is 0.669. The zero-order valence-corrected chi connectivity index (χ0v) is 33.4. The molecule has 6 heteroatoms. The van der Waals surface area contributed by atoms with Gasteiger partial charge in [0.25, 0.3) is 0 Å². The molecular weight excluding hydrogens is 759 g/mol. The molecule has 0 amide bonds. The number of pyridine rings is 1. The molecule has 0 aliphatic carbocycles. The normalized spacial score (nSPS) is 11.5. The molecule has 62 heavy (non-hydrogen) atoms. The Hall–Kier alpha value is -8.48. The summed E-state index contributed by atoms with van der Waals surface area (Å²) in [5, 5.41) is 9.89. The molecule has 6 nitrogen and oxygen atoms in total. The summed E-state index contributed by atoms with van der Waals surface area (Å²) in [5.41, 5.74) is 13.9. The van der Waals surface area contributed by atoms with E-state index in [2.05, 4.69) is 150 Å². The van der Waals surface area contributed by atoms with Crippen LogP contribution < -0.4 is 0 Å². The summed E-state index contributed by atoms with van der Waals surface area (Å²) in [6.45, 7) is 0. The first-order valence-electron chi connectivity index (χ1n) is 20.7. The zero-order valence-electron chi connectivity index (χ0n) is 33.4. The summed E-state index contributed by atoms with van der Waals surface area (Å²) in [4.78, 5) is 15.2. The van der Waals surface area contributed by atoms with Crippen molar-refractivity contribution in [3.8, 4) is 78.9 Å². The second-order valence-corrected chi connectivity index (χ2v) is 15.4. The van der Waals surface area contributed by atoms with E-state index in [0.717, 1.165) is 99.7 Å². The summed E-state index contributed by atoms with van der Waals surface area (Å²) in [7, 11) is 0. The minimum absolute atomic E-state index is 0.596. The first-order valence-corrected chi connectivity index (χ1v) is 20.7. The van der Waals surface area contributed by atoms with Crippen LogP contribution in [0.3, 0.4) is 0 Å². The summed E-state index contributed by atoms with van der Waals surface area (Å²) in [6.07, 6.45) is 0. The molecule has 12 aromatic rings. The van der Waals surface area contributed by atoms with Crippen molar-refractivity contribution in [2.24, 2.45) is 0 Å². The van der Waals surface area contributed by atoms with Crippen molar-refractivity contribution < 1.29 is 4.42 Å². The van der Waals surface area contributed by atoms with Crippen molar-refractivity contribution >= 4 is 38.2 Å². The Morgan fingerprint density at radius 1 is 0.371 bits per heavy atom. The number of aromatic nitrogens is 5. The van der Waals surface area contributed by atoms with Crippen molar-refractivity contribution in [1.82, 2.24) is 24.6 Å². The molecule has 0 fully saturated rings. The van der Waals surface area contributed by atoms with Gasteiger partial charge in [-0.25, -0.2) is 19.5 Å². The highest BCUT2D eigenvalue weighted by atomic mass is 16.3. The van der Waals surface area contributed by atoms with Crippen LogP contribution in [0.25, 0.3) is 117 Å². The van der Waals surface area contributed by atoms with E-state index in [1.54, 1.807) is 0 Å². The Morgan fingerprint density at radius 2 is 0.871 bits per heavy atom. The Bertz CT molecular complexity index is 3600. The Kier molecular flexibility index (Phi) is 8.38. The first kappa shape index (κ1) is 35.5. The number of para-hydroxylation sites is 1. The fraction of sp³-hybridized carbons (Fsp3) is 0. The van der Waals surface area contributed by atoms with Crippen LogP contribution >= 0.6 is 0 Å². The smallest absolute Gasteiger partial charge is 0.164 e. The van der Waals surface area contributed by atoms with Crippen LogP contribution in [0.5, 0.6) is 0 Å². The standard InChI is InChI=1S/C56H35N5O/c1-4-15-37(16-5-1)47-35-43-21-10-11-22-45(43)53-50(52(60-61(47)53)39-17-6-2-7-18-39)38-29-33-42(34-30-38)56-58-54(40-19-8-3-9-20-40)57-55(59-56)41-31-27-36(28-32-41)44-24-14-26-49-51(44)46-23-12-13-25-48(46)62-49/h1-35H. The molecule has 0 aliphatic heterocycles. The van der Waals surface area contributed by atoms with Gasteiger partial charge in [0.15, 0.2) is 17.5 Å². The van der Waals surface area contributed by atoms with Crippen LogP contribution in [0.2, 0.25) is 0 Å². The maximum absolute atomic E-state index is 6.20. The molecule has 290 valence electrons. The van der Waals surface area contributed by atoms with E-state index in [4.69, 9.17) is 24.5 Å². The number of nitrogens with zero attached hydrogens (tertiary/aromatic N) is 5. The molecule has 0 saturated heterocycles. The fourth-order valence-corrected chi connectivity index (χ4v) is 8.72. The quantitative estimate of drug-likeness (QED) is 0.161. The minimum Gasteiger partial charge on any atom is -0.456 e. The third kappa shape index (κ3) is 6.04. The average molecular weight is 794 g/mol. The molecule has 0 aliphatic rings. The molecule has 0 atom stereocenters. The lowest BCUT2D eigenvalue weighted by Gasteiger charge is -2.11. The van der Waals surface area contributed by atoms with Crippen LogP contribution in [-0.4, -0.2) is 24.6 Å². The number of fused-ring (bicyclic) bond motifs is 6. The summed E-state index contributed by atoms with van der Waals surface area (Å²) in [6, 6.07) is 73.3. The topological polar surface area (TPSA) is 69.1 Å². The largest absolute Gasteiger partial charge is 0.456 e. The second-order valence-electron chi connectivity index (χ2n) is 15.4. The van der Waals surface area contributed by atoms with Gasteiger partial charge >= 0.3 is 0 Å². The van der Waals surface area contributed by atoms with Gasteiger partial charge in [-0.05, 0) is 40.3 Å². The van der Waals surface area contributed by atoms with E-state index in [1.807, 2.05) is 66.7 Å². The third-order valence-corrected chi connectivity index (χ3v) is 11.7. The molecule has 0 unspecified atom stereocenters. The molecule has 0 saturated carbocycles. The van der Waals surface area contributed by atoms with E-state index in [9.17, 15) is 0 Å². The lowest BCUT2D eigenvalue weighted by Crippen LogP contribution is -2.00. The summed E-state index contributed by atoms with van der Waals surface area (Å²) >= 11 is 0. The Labute approximate surface area is 357 Å². The maximum Gasteiger partial charge on any atom is 0.164 e. The highest BCUT2D eigenvalue weighted by Crippen LogP contribution is 2.42. The van der Waals surface area contributed by atoms with Crippen LogP contribution in [0, 0.1) is 0 Å². The summed E-state index contributed by atoms with van der Waals surface area (Å²) in [5.74, 6) is 1.81. The third-order valence-electron chi connectivity index (χ3n) is 11.7. The molecule has 0 spiro atoms. The zero-order chi connectivity index (χ0) is 41.0. The van der Waals surface area contributed by atoms with Gasteiger partial charge < -0.3 is 4.42 Å². The van der Waals surface area contributed by atoms with Gasteiger partial charge in [-0.15, -0.1) is 0 Å². The first-order chi connectivity index (χ1) is 30.7. The molecular formula is C56H35N5O. The van der Waals surface area contributed by atoms with Crippen molar-refractivity contribution in [2.75, 3.05) is 0 Å². The van der Waals surface area contributed by atoms with Gasteiger partial charge in [0, 0.05) is 49.5 Å². The highest BCUT2D eigenvalue weighted by molar-refractivity contribution is 6.12. The van der Waals surface area contributed by atoms with Gasteiger partial charge in [-0.3, -0.25) is 0 Å². The number of benzene rings is 8. The van der Waals surface area contributed by atoms with Crippen LogP contribution in [-0.2, 0) is 0 Å². The van der Waals surface area contributed by atoms with Gasteiger partial charge in [-0.2, -0.15) is 5.10 Å². The monoisotopic (exact) mass is 793 g/mol. The van der Waals surface area contributed by atoms with E-state index in [-0.39, 0.29) is 0 Å². The van der Waals surface area contributed by atoms with Crippen LogP contribution in [0.1, 0.15) is 0 Å². The van der Waals surface area contributed by atoms with Crippen molar-refractivity contribution in [3.63, 3.8) is 0 Å². The van der Waals surface area contributed by atoms with Gasteiger partial charge in [0.1, 0.15) is 16.9 Å². The molecule has 0 bridgehead atoms. The van der Waals surface area contributed by atoms with Gasteiger partial charge in [0.2, 0.25) is 0 Å². The molecule has 0 N–H and O–H groups in total. The average Bonchev–Trinajstić information content (AvgIpc) is 3.95. The van der Waals surface area contributed by atoms with E-state index < -0.39 is 0 Å². The molecule has 0 radical (unpaired) electrons. The van der Waals surface area contributed by atoms with E-state index >= 15 is 0 Å². The van der Waals surface area contributed by atoms with Crippen molar-refractivity contribution in [2.45, 2.75) is 0 Å². The predicted octanol–water partition coefficient (Wildman–Crippen LogP) is 14.2. The number of hydrogen-bond donors (Lipinski definition) is 0. The highest BCUT2D eigenvalue weighted by Gasteiger charge is 2.22.